The summed E-state index contributed by atoms with van der Waals surface area (Å²) in [5.74, 6) is 0. The van der Waals surface area contributed by atoms with Gasteiger partial charge in [0.1, 0.15) is 10.0 Å². The molecule has 0 aliphatic carbocycles. The van der Waals surface area contributed by atoms with Crippen molar-refractivity contribution < 1.29 is 0 Å². The van der Waals surface area contributed by atoms with Crippen LogP contribution < -0.4 is 0 Å². The molecule has 24 heteroatoms. The zero-order valence-corrected chi connectivity index (χ0v) is 114. The van der Waals surface area contributed by atoms with Crippen molar-refractivity contribution in [2.24, 2.45) is 0 Å². The standard InChI is InChI=1S/C22H24S5.C20H24S4.C18H24N2S2.C18H24S3.2C16H24S2.C12H18N2S2/c1-9-11-13(26-19(9)21(3,4)5)15-17(23-11)18-16(25-15)14-12(24-18)10(2)20(27-14)22(6,7)8;1-9-11-13(23-17(9)19(3,4)5)15-16(21-11)14-12(22-15)10(2)18(24-14)20(6,7)8;1-9-11-14(22-15(19-11)17(3,4)5)10(2)12-13(9)21-16(20-12)18(6,7)8;1-9-11-13(20-15(9)17(3,4)5)14-12(19-11)10(2)16(21-14)18(6,7)8;1-9-11-12(18-13(9)15(3,4)5)10(2)14(17-11)16(6,7)8;1-9-11-10(2)13(16(6,7)8)18-14(11)17-12(9)15(3,4)5;1-11(2,3)9-13-7-8(15-9)14-10(16-7)12(4,5)6/h1-8H3;1-8H3;1-8H3;1-8H3;2*1-8H3;1-6H3. The summed E-state index contributed by atoms with van der Waals surface area (Å²) in [6.07, 6.45) is 0. The molecule has 20 heterocycles. The molecule has 20 aromatic heterocycles. The molecule has 0 N–H and O–H groups in total. The first-order valence-electron chi connectivity index (χ1n) is 51.5. The predicted molar refractivity (Wildman–Crippen MR) is 698 cm³/mol. The summed E-state index contributed by atoms with van der Waals surface area (Å²) in [6, 6.07) is 0. The molecule has 0 spiro atoms. The van der Waals surface area contributed by atoms with Gasteiger partial charge in [-0.1, -0.05) is 313 Å². The summed E-state index contributed by atoms with van der Waals surface area (Å²) in [4.78, 5) is 37.0. The van der Waals surface area contributed by atoms with Gasteiger partial charge in [0, 0.05) is 85.2 Å². The molecule has 0 amide bonds. The molecule has 21 rings (SSSR count). The fourth-order valence-corrected chi connectivity index (χ4v) is 48.6. The molecule has 0 bridgehead atoms. The number of aromatic nitrogens is 4. The highest BCUT2D eigenvalue weighted by atomic mass is 32.2. The minimum absolute atomic E-state index is 0.0972. The molecule has 0 fully saturated rings. The van der Waals surface area contributed by atoms with Crippen molar-refractivity contribution >= 4 is 360 Å². The maximum atomic E-state index is 4.96. The van der Waals surface area contributed by atoms with Gasteiger partial charge >= 0.3 is 0 Å². The Morgan fingerprint density at radius 1 is 0.123 bits per heavy atom. The Labute approximate surface area is 954 Å². The number of fused-ring (bicyclic) bond motifs is 20. The summed E-state index contributed by atoms with van der Waals surface area (Å²) < 4.78 is 34.7. The first-order valence-corrected chi connectivity index (χ1v) is 67.8. The molecular weight excluding hydrogens is 2160 g/mol. The Morgan fingerprint density at radius 2 is 0.267 bits per heavy atom. The van der Waals surface area contributed by atoms with E-state index < -0.39 is 0 Å². The second-order valence-corrected chi connectivity index (χ2v) is 75.8. The van der Waals surface area contributed by atoms with Crippen molar-refractivity contribution in [1.29, 1.82) is 0 Å². The summed E-state index contributed by atoms with van der Waals surface area (Å²) >= 11 is 39.5. The zero-order valence-electron chi connectivity index (χ0n) is 98.0. The van der Waals surface area contributed by atoms with Crippen LogP contribution in [0.5, 0.6) is 0 Å². The lowest BCUT2D eigenvalue weighted by molar-refractivity contribution is 0.586. The molecular formula is C122H162N4S20. The minimum atomic E-state index is 0.0972. The number of hydrogen-bond acceptors (Lipinski definition) is 24. The lowest BCUT2D eigenvalue weighted by Gasteiger charge is -2.19. The third-order valence-corrected chi connectivity index (χ3v) is 60.3. The number of nitrogens with zero attached hydrogens (tertiary/aromatic N) is 4. The van der Waals surface area contributed by atoms with Gasteiger partial charge in [-0.05, 0) is 204 Å². The van der Waals surface area contributed by atoms with Gasteiger partial charge in [-0.3, -0.25) is 0 Å². The molecule has 0 saturated heterocycles. The maximum Gasteiger partial charge on any atom is 0.155 e. The average molecular weight is 2330 g/mol. The van der Waals surface area contributed by atoms with Gasteiger partial charge in [0.25, 0.3) is 0 Å². The summed E-state index contributed by atoms with van der Waals surface area (Å²) in [6.45, 7) is 124. The van der Waals surface area contributed by atoms with E-state index in [1.807, 2.05) is 204 Å². The Hall–Kier alpha value is -3.42. The summed E-state index contributed by atoms with van der Waals surface area (Å²) in [5.41, 5.74) is 22.9. The molecule has 0 aliphatic rings. The van der Waals surface area contributed by atoms with Crippen molar-refractivity contribution in [3.8, 4) is 0 Å². The minimum Gasteiger partial charge on any atom is -0.240 e. The number of benzene rings is 1. The molecule has 0 atom stereocenters. The molecule has 0 aliphatic heterocycles. The number of aryl methyl sites for hydroxylation is 12. The molecule has 4 nitrogen and oxygen atoms in total. The lowest BCUT2D eigenvalue weighted by Crippen LogP contribution is -2.11. The number of thiophene rings is 16. The van der Waals surface area contributed by atoms with E-state index in [2.05, 4.69) is 374 Å². The van der Waals surface area contributed by atoms with Crippen molar-refractivity contribution in [3.63, 3.8) is 0 Å². The van der Waals surface area contributed by atoms with Gasteiger partial charge in [-0.15, -0.1) is 204 Å². The second-order valence-electron chi connectivity index (χ2n) is 55.2. The Bertz CT molecular complexity index is 7960. The van der Waals surface area contributed by atoms with Gasteiger partial charge in [0.2, 0.25) is 0 Å². The van der Waals surface area contributed by atoms with E-state index in [0.29, 0.717) is 0 Å². The number of rotatable bonds is 0. The van der Waals surface area contributed by atoms with E-state index in [-0.39, 0.29) is 75.8 Å². The highest BCUT2D eigenvalue weighted by molar-refractivity contribution is 7.49. The maximum absolute atomic E-state index is 4.96. The quantitative estimate of drug-likeness (QED) is 0.152. The van der Waals surface area contributed by atoms with Gasteiger partial charge in [0.15, 0.2) is 9.66 Å². The number of hydrogen-bond donors (Lipinski definition) is 0. The van der Waals surface area contributed by atoms with Crippen LogP contribution >= 0.6 is 227 Å². The first-order chi connectivity index (χ1) is 66.2. The topological polar surface area (TPSA) is 51.6 Å². The normalized spacial score (nSPS) is 13.7. The van der Waals surface area contributed by atoms with Crippen LogP contribution in [0.4, 0.5) is 0 Å². The van der Waals surface area contributed by atoms with Crippen LogP contribution in [0.3, 0.4) is 0 Å². The van der Waals surface area contributed by atoms with Crippen LogP contribution in [-0.4, -0.2) is 19.9 Å². The van der Waals surface area contributed by atoms with Crippen molar-refractivity contribution in [2.75, 3.05) is 0 Å². The molecule has 0 saturated carbocycles. The Balaban J connectivity index is 0.000000129. The fraction of sp³-hybridized carbons (Fsp3) is 0.557. The van der Waals surface area contributed by atoms with Crippen LogP contribution in [0.25, 0.3) is 133 Å². The van der Waals surface area contributed by atoms with Crippen LogP contribution in [0, 0.1) is 83.1 Å². The average Bonchev–Trinajstić information content (AvgIpc) is 1.53. The van der Waals surface area contributed by atoms with Gasteiger partial charge in [-0.25, -0.2) is 19.9 Å². The monoisotopic (exact) mass is 2320 g/mol. The van der Waals surface area contributed by atoms with Crippen molar-refractivity contribution in [3.05, 3.63) is 136 Å². The Kier molecular flexibility index (Phi) is 31.4. The predicted octanol–water partition coefficient (Wildman–Crippen LogP) is 48.6. The zero-order chi connectivity index (χ0) is 109. The van der Waals surface area contributed by atoms with E-state index in [1.54, 1.807) is 71.4 Å². The smallest absolute Gasteiger partial charge is 0.155 e. The van der Waals surface area contributed by atoms with E-state index in [1.165, 1.54) is 211 Å². The van der Waals surface area contributed by atoms with Crippen molar-refractivity contribution in [2.45, 2.75) is 450 Å². The van der Waals surface area contributed by atoms with Gasteiger partial charge < -0.3 is 0 Å². The molecule has 0 radical (unpaired) electrons. The molecule has 21 aromatic rings. The van der Waals surface area contributed by atoms with E-state index in [4.69, 9.17) is 19.9 Å². The van der Waals surface area contributed by atoms with E-state index >= 15 is 0 Å². The van der Waals surface area contributed by atoms with Gasteiger partial charge in [0.05, 0.1) is 119 Å². The van der Waals surface area contributed by atoms with Crippen molar-refractivity contribution in [1.82, 2.24) is 19.9 Å². The van der Waals surface area contributed by atoms with Crippen LogP contribution in [0.2, 0.25) is 0 Å². The van der Waals surface area contributed by atoms with Crippen LogP contribution in [-0.2, 0) is 75.8 Å². The Morgan fingerprint density at radius 3 is 0.438 bits per heavy atom. The van der Waals surface area contributed by atoms with E-state index in [0.717, 1.165) is 9.66 Å². The number of thiazole rings is 4. The van der Waals surface area contributed by atoms with E-state index in [9.17, 15) is 0 Å². The lowest BCUT2D eigenvalue weighted by atomic mass is 9.88. The summed E-state index contributed by atoms with van der Waals surface area (Å²) in [7, 11) is 0. The first kappa shape index (κ1) is 117. The third kappa shape index (κ3) is 22.0. The van der Waals surface area contributed by atoms with Crippen LogP contribution in [0.1, 0.15) is 426 Å². The highest BCUT2D eigenvalue weighted by Crippen LogP contribution is 2.61. The fourth-order valence-electron chi connectivity index (χ4n) is 19.8. The molecule has 1 aromatic carbocycles. The molecule has 146 heavy (non-hydrogen) atoms. The molecule has 0 unspecified atom stereocenters. The largest absolute Gasteiger partial charge is 0.240 e. The third-order valence-electron chi connectivity index (χ3n) is 26.6. The second kappa shape index (κ2) is 39.4. The summed E-state index contributed by atoms with van der Waals surface area (Å²) in [5, 5.41) is 6.31. The van der Waals surface area contributed by atoms with Crippen LogP contribution in [0.15, 0.2) is 0 Å². The SMILES string of the molecule is CC(C)(C)c1nc2sc(C(C)(C)C)nc2s1.Cc1c(C(C)(C)C)sc2c(C)c(C(C)(C)C)sc12.Cc1c(C(C)(C)C)sc2c1sc1c(C)c(C(C)(C)C)sc12.Cc1c(C(C)(C)C)sc2c1sc1c2sc2c3sc(C(C)(C)C)c(C)c3sc21.Cc1c(C(C)(C)C)sc2c1sc1c3sc(C(C)(C)C)c(C)c3sc21.Cc1c(C(C)(C)C)sc2sc(C(C)(C)C)c(C)c12.Cc1c2nc(C(C)(C)C)sc2c(C)c2nc(C(C)(C)C)sc12. The van der Waals surface area contributed by atoms with Gasteiger partial charge in [-0.2, -0.15) is 0 Å². The highest BCUT2D eigenvalue weighted by Gasteiger charge is 2.38. The molecule has 790 valence electrons.